The van der Waals surface area contributed by atoms with Gasteiger partial charge in [-0.1, -0.05) is 0 Å². The van der Waals surface area contributed by atoms with Crippen molar-refractivity contribution < 1.29 is 14.0 Å². The SMILES string of the molecule is Cc1ccc(CNc2ccc(C(=O)N3CCC(CN4CCCC4=O)CC3)cn2)o1. The molecule has 0 bridgehead atoms. The van der Waals surface area contributed by atoms with Gasteiger partial charge in [0.05, 0.1) is 12.1 Å². The molecule has 0 aliphatic carbocycles. The number of anilines is 1. The molecule has 7 heteroatoms. The summed E-state index contributed by atoms with van der Waals surface area (Å²) in [5.74, 6) is 3.25. The van der Waals surface area contributed by atoms with Crippen LogP contribution in [0.1, 0.15) is 47.6 Å². The summed E-state index contributed by atoms with van der Waals surface area (Å²) < 4.78 is 5.53. The number of furan rings is 1. The molecule has 2 aliphatic heterocycles. The van der Waals surface area contributed by atoms with Gasteiger partial charge in [-0.05, 0) is 56.4 Å². The van der Waals surface area contributed by atoms with E-state index in [0.29, 0.717) is 30.3 Å². The van der Waals surface area contributed by atoms with Crippen molar-refractivity contribution in [2.24, 2.45) is 5.92 Å². The van der Waals surface area contributed by atoms with Gasteiger partial charge in [0.15, 0.2) is 0 Å². The van der Waals surface area contributed by atoms with Crippen molar-refractivity contribution in [1.82, 2.24) is 14.8 Å². The number of aryl methyl sites for hydroxylation is 1. The average molecular weight is 396 g/mol. The summed E-state index contributed by atoms with van der Waals surface area (Å²) in [4.78, 5) is 32.8. The first-order valence-electron chi connectivity index (χ1n) is 10.4. The van der Waals surface area contributed by atoms with Gasteiger partial charge in [-0.15, -0.1) is 0 Å². The highest BCUT2D eigenvalue weighted by Gasteiger charge is 2.28. The van der Waals surface area contributed by atoms with Crippen LogP contribution in [0.5, 0.6) is 0 Å². The molecule has 2 saturated heterocycles. The summed E-state index contributed by atoms with van der Waals surface area (Å²) >= 11 is 0. The van der Waals surface area contributed by atoms with Gasteiger partial charge >= 0.3 is 0 Å². The van der Waals surface area contributed by atoms with E-state index in [4.69, 9.17) is 4.42 Å². The van der Waals surface area contributed by atoms with Crippen LogP contribution in [0.3, 0.4) is 0 Å². The molecule has 2 aliphatic rings. The third kappa shape index (κ3) is 4.78. The minimum atomic E-state index is 0.0291. The Kier molecular flexibility index (Phi) is 5.83. The zero-order valence-electron chi connectivity index (χ0n) is 16.9. The van der Waals surface area contributed by atoms with Crippen LogP contribution < -0.4 is 5.32 Å². The van der Waals surface area contributed by atoms with Crippen LogP contribution in [0, 0.1) is 12.8 Å². The molecular weight excluding hydrogens is 368 g/mol. The number of amides is 2. The second kappa shape index (κ2) is 8.68. The molecule has 154 valence electrons. The number of carbonyl (C=O) groups is 2. The molecule has 1 N–H and O–H groups in total. The van der Waals surface area contributed by atoms with Gasteiger partial charge in [0.2, 0.25) is 5.91 Å². The predicted octanol–water partition coefficient (Wildman–Crippen LogP) is 3.07. The van der Waals surface area contributed by atoms with E-state index >= 15 is 0 Å². The lowest BCUT2D eigenvalue weighted by molar-refractivity contribution is -0.128. The van der Waals surface area contributed by atoms with E-state index in [1.54, 1.807) is 6.20 Å². The monoisotopic (exact) mass is 396 g/mol. The van der Waals surface area contributed by atoms with Gasteiger partial charge in [0.25, 0.3) is 5.91 Å². The summed E-state index contributed by atoms with van der Waals surface area (Å²) in [5, 5.41) is 3.20. The van der Waals surface area contributed by atoms with Gasteiger partial charge in [0, 0.05) is 38.8 Å². The van der Waals surface area contributed by atoms with E-state index < -0.39 is 0 Å². The van der Waals surface area contributed by atoms with E-state index in [-0.39, 0.29) is 11.8 Å². The zero-order chi connectivity index (χ0) is 20.2. The fraction of sp³-hybridized carbons (Fsp3) is 0.500. The van der Waals surface area contributed by atoms with E-state index in [9.17, 15) is 9.59 Å². The highest BCUT2D eigenvalue weighted by molar-refractivity contribution is 5.94. The number of rotatable bonds is 6. The molecule has 4 rings (SSSR count). The number of hydrogen-bond acceptors (Lipinski definition) is 5. The normalized spacial score (nSPS) is 17.8. The van der Waals surface area contributed by atoms with Gasteiger partial charge in [-0.25, -0.2) is 4.98 Å². The smallest absolute Gasteiger partial charge is 0.255 e. The maximum Gasteiger partial charge on any atom is 0.255 e. The number of pyridine rings is 1. The third-order valence-corrected chi connectivity index (χ3v) is 5.80. The van der Waals surface area contributed by atoms with E-state index in [1.807, 2.05) is 41.0 Å². The lowest BCUT2D eigenvalue weighted by Crippen LogP contribution is -2.41. The first-order chi connectivity index (χ1) is 14.1. The molecule has 7 nitrogen and oxygen atoms in total. The highest BCUT2D eigenvalue weighted by atomic mass is 16.3. The van der Waals surface area contributed by atoms with Crippen LogP contribution in [-0.4, -0.2) is 52.8 Å². The van der Waals surface area contributed by atoms with Crippen LogP contribution in [0.15, 0.2) is 34.9 Å². The number of likely N-dealkylation sites (tertiary alicyclic amines) is 2. The lowest BCUT2D eigenvalue weighted by atomic mass is 9.96. The Morgan fingerprint density at radius 3 is 2.66 bits per heavy atom. The van der Waals surface area contributed by atoms with E-state index in [0.717, 1.165) is 57.0 Å². The molecule has 4 heterocycles. The van der Waals surface area contributed by atoms with Gasteiger partial charge in [-0.2, -0.15) is 0 Å². The standard InChI is InChI=1S/C22H28N4O3/c1-16-4-6-19(29-16)14-24-20-7-5-18(13-23-20)22(28)25-11-8-17(9-12-25)15-26-10-2-3-21(26)27/h4-7,13,17H,2-3,8-12,14-15H2,1H3,(H,23,24). The van der Waals surface area contributed by atoms with Crippen molar-refractivity contribution in [1.29, 1.82) is 0 Å². The average Bonchev–Trinajstić information content (AvgIpc) is 3.35. The Balaban J connectivity index is 1.25. The molecule has 0 saturated carbocycles. The topological polar surface area (TPSA) is 78.7 Å². The van der Waals surface area contributed by atoms with Crippen molar-refractivity contribution in [3.8, 4) is 0 Å². The van der Waals surface area contributed by atoms with E-state index in [1.165, 1.54) is 0 Å². The second-order valence-corrected chi connectivity index (χ2v) is 7.98. The summed E-state index contributed by atoms with van der Waals surface area (Å²) in [6, 6.07) is 7.51. The van der Waals surface area contributed by atoms with Gasteiger partial charge in [-0.3, -0.25) is 9.59 Å². The Hall–Kier alpha value is -2.83. The molecule has 0 radical (unpaired) electrons. The van der Waals surface area contributed by atoms with Crippen LogP contribution in [-0.2, 0) is 11.3 Å². The van der Waals surface area contributed by atoms with Crippen LogP contribution in [0.2, 0.25) is 0 Å². The Morgan fingerprint density at radius 1 is 1.21 bits per heavy atom. The number of aromatic nitrogens is 1. The van der Waals surface area contributed by atoms with E-state index in [2.05, 4.69) is 10.3 Å². The molecule has 0 aromatic carbocycles. The minimum Gasteiger partial charge on any atom is -0.465 e. The number of nitrogens with one attached hydrogen (secondary N) is 1. The van der Waals surface area contributed by atoms with Crippen molar-refractivity contribution in [3.05, 3.63) is 47.5 Å². The Labute approximate surface area is 171 Å². The third-order valence-electron chi connectivity index (χ3n) is 5.80. The summed E-state index contributed by atoms with van der Waals surface area (Å²) in [6.07, 6.45) is 5.20. The van der Waals surface area contributed by atoms with Crippen molar-refractivity contribution in [2.75, 3.05) is 31.5 Å². The molecule has 2 aromatic heterocycles. The van der Waals surface area contributed by atoms with Crippen LogP contribution in [0.4, 0.5) is 5.82 Å². The first-order valence-corrected chi connectivity index (χ1v) is 10.4. The Bertz CT molecular complexity index is 853. The number of nitrogens with zero attached hydrogens (tertiary/aromatic N) is 3. The molecule has 2 fully saturated rings. The minimum absolute atomic E-state index is 0.0291. The van der Waals surface area contributed by atoms with Crippen LogP contribution >= 0.6 is 0 Å². The molecule has 0 unspecified atom stereocenters. The van der Waals surface area contributed by atoms with Crippen molar-refractivity contribution in [2.45, 2.75) is 39.2 Å². The lowest BCUT2D eigenvalue weighted by Gasteiger charge is -2.34. The first kappa shape index (κ1) is 19.5. The maximum absolute atomic E-state index is 12.8. The summed E-state index contributed by atoms with van der Waals surface area (Å²) in [6.45, 7) is 5.69. The van der Waals surface area contributed by atoms with Gasteiger partial charge < -0.3 is 19.5 Å². The fourth-order valence-electron chi connectivity index (χ4n) is 4.09. The number of piperidine rings is 1. The molecular formula is C22H28N4O3. The highest BCUT2D eigenvalue weighted by Crippen LogP contribution is 2.22. The molecule has 2 aromatic rings. The Morgan fingerprint density at radius 2 is 2.03 bits per heavy atom. The molecule has 2 amide bonds. The fourth-order valence-corrected chi connectivity index (χ4v) is 4.09. The predicted molar refractivity (Wildman–Crippen MR) is 109 cm³/mol. The van der Waals surface area contributed by atoms with Crippen molar-refractivity contribution >= 4 is 17.6 Å². The quantitative estimate of drug-likeness (QED) is 0.812. The molecule has 0 spiro atoms. The molecule has 29 heavy (non-hydrogen) atoms. The number of carbonyl (C=O) groups excluding carboxylic acids is 2. The second-order valence-electron chi connectivity index (χ2n) is 7.98. The maximum atomic E-state index is 12.8. The number of hydrogen-bond donors (Lipinski definition) is 1. The summed E-state index contributed by atoms with van der Waals surface area (Å²) in [5.41, 5.74) is 0.609. The van der Waals surface area contributed by atoms with Crippen molar-refractivity contribution in [3.63, 3.8) is 0 Å². The van der Waals surface area contributed by atoms with Crippen LogP contribution in [0.25, 0.3) is 0 Å². The van der Waals surface area contributed by atoms with Gasteiger partial charge in [0.1, 0.15) is 17.3 Å². The molecule has 0 atom stereocenters. The largest absolute Gasteiger partial charge is 0.465 e. The zero-order valence-corrected chi connectivity index (χ0v) is 16.9. The summed E-state index contributed by atoms with van der Waals surface area (Å²) in [7, 11) is 0.